The molecule has 0 aromatic heterocycles. The Bertz CT molecular complexity index is 485. The summed E-state index contributed by atoms with van der Waals surface area (Å²) in [6, 6.07) is 8.06. The van der Waals surface area contributed by atoms with Gasteiger partial charge in [-0.1, -0.05) is 18.2 Å². The number of carbonyl (C=O) groups excluding carboxylic acids is 1. The normalized spacial score (nSPS) is 20.8. The van der Waals surface area contributed by atoms with Crippen LogP contribution in [-0.2, 0) is 0 Å². The summed E-state index contributed by atoms with van der Waals surface area (Å²) < 4.78 is 5.70. The van der Waals surface area contributed by atoms with E-state index in [1.54, 1.807) is 0 Å². The minimum Gasteiger partial charge on any atom is -0.493 e. The van der Waals surface area contributed by atoms with E-state index in [1.165, 1.54) is 0 Å². The number of benzene rings is 1. The van der Waals surface area contributed by atoms with Gasteiger partial charge in [-0.25, -0.2) is 4.79 Å². The van der Waals surface area contributed by atoms with Gasteiger partial charge in [-0.3, -0.25) is 0 Å². The molecule has 0 saturated heterocycles. The summed E-state index contributed by atoms with van der Waals surface area (Å²) >= 11 is 0. The maximum absolute atomic E-state index is 11.8. The number of hydrogen-bond donors (Lipinski definition) is 3. The van der Waals surface area contributed by atoms with E-state index in [1.807, 2.05) is 31.2 Å². The first-order valence-electron chi connectivity index (χ1n) is 8.52. The minimum absolute atomic E-state index is 0.103. The predicted molar refractivity (Wildman–Crippen MR) is 90.7 cm³/mol. The third-order valence-electron chi connectivity index (χ3n) is 4.40. The summed E-state index contributed by atoms with van der Waals surface area (Å²) in [5, 5.41) is 15.0. The summed E-state index contributed by atoms with van der Waals surface area (Å²) in [7, 11) is 0. The predicted octanol–water partition coefficient (Wildman–Crippen LogP) is 2.61. The molecule has 128 valence electrons. The molecule has 0 spiro atoms. The Labute approximate surface area is 138 Å². The van der Waals surface area contributed by atoms with E-state index < -0.39 is 0 Å². The van der Waals surface area contributed by atoms with E-state index in [2.05, 4.69) is 10.6 Å². The molecule has 1 saturated carbocycles. The van der Waals surface area contributed by atoms with Gasteiger partial charge >= 0.3 is 6.03 Å². The Kier molecular flexibility index (Phi) is 7.20. The lowest BCUT2D eigenvalue weighted by Gasteiger charge is -2.27. The molecular weight excluding hydrogens is 292 g/mol. The second-order valence-electron chi connectivity index (χ2n) is 6.27. The fraction of sp³-hybridized carbons (Fsp3) is 0.611. The number of urea groups is 1. The molecule has 1 aliphatic carbocycles. The second kappa shape index (κ2) is 9.40. The van der Waals surface area contributed by atoms with Gasteiger partial charge in [0.2, 0.25) is 0 Å². The van der Waals surface area contributed by atoms with E-state index in [9.17, 15) is 4.79 Å². The van der Waals surface area contributed by atoms with Gasteiger partial charge in [0, 0.05) is 19.2 Å². The SMILES string of the molecule is Cc1ccccc1OCCCNC(=O)NC1CCC(CO)CC1. The van der Waals surface area contributed by atoms with Crippen molar-refractivity contribution in [3.8, 4) is 5.75 Å². The molecule has 0 bridgehead atoms. The van der Waals surface area contributed by atoms with Gasteiger partial charge in [0.15, 0.2) is 0 Å². The van der Waals surface area contributed by atoms with E-state index in [-0.39, 0.29) is 18.7 Å². The van der Waals surface area contributed by atoms with Crippen molar-refractivity contribution in [3.63, 3.8) is 0 Å². The van der Waals surface area contributed by atoms with Crippen LogP contribution in [0.5, 0.6) is 5.75 Å². The number of nitrogens with one attached hydrogen (secondary N) is 2. The highest BCUT2D eigenvalue weighted by Gasteiger charge is 2.21. The third-order valence-corrected chi connectivity index (χ3v) is 4.40. The lowest BCUT2D eigenvalue weighted by Crippen LogP contribution is -2.44. The van der Waals surface area contributed by atoms with Crippen molar-refractivity contribution in [2.24, 2.45) is 5.92 Å². The summed E-state index contributed by atoms with van der Waals surface area (Å²) in [6.45, 7) is 3.47. The molecule has 1 fully saturated rings. The molecule has 5 heteroatoms. The number of aliphatic hydroxyl groups is 1. The smallest absolute Gasteiger partial charge is 0.315 e. The zero-order valence-electron chi connectivity index (χ0n) is 13.9. The third kappa shape index (κ3) is 6.10. The Morgan fingerprint density at radius 3 is 2.70 bits per heavy atom. The standard InChI is InChI=1S/C18H28N2O3/c1-14-5-2-3-6-17(14)23-12-4-11-19-18(22)20-16-9-7-15(13-21)8-10-16/h2-3,5-6,15-16,21H,4,7-13H2,1H3,(H2,19,20,22). The highest BCUT2D eigenvalue weighted by atomic mass is 16.5. The zero-order valence-corrected chi connectivity index (χ0v) is 13.9. The molecule has 0 aliphatic heterocycles. The van der Waals surface area contributed by atoms with E-state index in [0.29, 0.717) is 19.1 Å². The highest BCUT2D eigenvalue weighted by molar-refractivity contribution is 5.74. The molecule has 5 nitrogen and oxygen atoms in total. The average Bonchev–Trinajstić information content (AvgIpc) is 2.57. The number of carbonyl (C=O) groups is 1. The lowest BCUT2D eigenvalue weighted by molar-refractivity contribution is 0.174. The molecule has 0 atom stereocenters. The molecule has 1 aromatic carbocycles. The number of hydrogen-bond acceptors (Lipinski definition) is 3. The van der Waals surface area contributed by atoms with Crippen molar-refractivity contribution in [1.29, 1.82) is 0 Å². The summed E-state index contributed by atoms with van der Waals surface area (Å²) in [4.78, 5) is 11.8. The number of amides is 2. The monoisotopic (exact) mass is 320 g/mol. The average molecular weight is 320 g/mol. The van der Waals surface area contributed by atoms with Crippen molar-refractivity contribution in [1.82, 2.24) is 10.6 Å². The van der Waals surface area contributed by atoms with Gasteiger partial charge < -0.3 is 20.5 Å². The second-order valence-corrected chi connectivity index (χ2v) is 6.27. The molecule has 2 rings (SSSR count). The maximum atomic E-state index is 11.8. The Morgan fingerprint density at radius 1 is 1.26 bits per heavy atom. The zero-order chi connectivity index (χ0) is 16.5. The van der Waals surface area contributed by atoms with Crippen molar-refractivity contribution in [3.05, 3.63) is 29.8 Å². The molecule has 0 radical (unpaired) electrons. The minimum atomic E-state index is -0.103. The quantitative estimate of drug-likeness (QED) is 0.676. The fourth-order valence-corrected chi connectivity index (χ4v) is 2.90. The fourth-order valence-electron chi connectivity index (χ4n) is 2.90. The first-order valence-corrected chi connectivity index (χ1v) is 8.52. The lowest BCUT2D eigenvalue weighted by atomic mass is 9.87. The van der Waals surface area contributed by atoms with Gasteiger partial charge in [0.25, 0.3) is 0 Å². The van der Waals surface area contributed by atoms with Crippen LogP contribution in [0, 0.1) is 12.8 Å². The van der Waals surface area contributed by atoms with Gasteiger partial charge in [0.05, 0.1) is 6.61 Å². The summed E-state index contributed by atoms with van der Waals surface area (Å²) in [6.07, 6.45) is 4.67. The molecule has 1 aliphatic rings. The topological polar surface area (TPSA) is 70.6 Å². The van der Waals surface area contributed by atoms with Crippen molar-refractivity contribution in [2.75, 3.05) is 19.8 Å². The number of para-hydroxylation sites is 1. The Balaban J connectivity index is 1.54. The number of ether oxygens (including phenoxy) is 1. The van der Waals surface area contributed by atoms with Crippen molar-refractivity contribution >= 4 is 6.03 Å². The Hall–Kier alpha value is -1.75. The molecule has 23 heavy (non-hydrogen) atoms. The van der Waals surface area contributed by atoms with Crippen LogP contribution in [0.4, 0.5) is 4.79 Å². The summed E-state index contributed by atoms with van der Waals surface area (Å²) in [5.41, 5.74) is 1.12. The maximum Gasteiger partial charge on any atom is 0.315 e. The number of rotatable bonds is 7. The van der Waals surface area contributed by atoms with Crippen LogP contribution in [0.2, 0.25) is 0 Å². The number of aliphatic hydroxyl groups excluding tert-OH is 1. The van der Waals surface area contributed by atoms with E-state index >= 15 is 0 Å². The highest BCUT2D eigenvalue weighted by Crippen LogP contribution is 2.23. The molecule has 2 amide bonds. The number of aryl methyl sites for hydroxylation is 1. The van der Waals surface area contributed by atoms with E-state index in [0.717, 1.165) is 43.4 Å². The van der Waals surface area contributed by atoms with Crippen LogP contribution < -0.4 is 15.4 Å². The van der Waals surface area contributed by atoms with Crippen molar-refractivity contribution in [2.45, 2.75) is 45.1 Å². The largest absolute Gasteiger partial charge is 0.493 e. The van der Waals surface area contributed by atoms with Crippen molar-refractivity contribution < 1.29 is 14.6 Å². The van der Waals surface area contributed by atoms with E-state index in [4.69, 9.17) is 9.84 Å². The van der Waals surface area contributed by atoms with Gasteiger partial charge in [-0.05, 0) is 56.6 Å². The first-order chi connectivity index (χ1) is 11.2. The molecular formula is C18H28N2O3. The van der Waals surface area contributed by atoms with Crippen LogP contribution in [0.25, 0.3) is 0 Å². The molecule has 1 aromatic rings. The summed E-state index contributed by atoms with van der Waals surface area (Å²) in [5.74, 6) is 1.31. The van der Waals surface area contributed by atoms with Gasteiger partial charge in [0.1, 0.15) is 5.75 Å². The van der Waals surface area contributed by atoms with Gasteiger partial charge in [-0.15, -0.1) is 0 Å². The van der Waals surface area contributed by atoms with Crippen LogP contribution in [-0.4, -0.2) is 36.9 Å². The Morgan fingerprint density at radius 2 is 2.00 bits per heavy atom. The molecule has 0 unspecified atom stereocenters. The van der Waals surface area contributed by atoms with Crippen LogP contribution in [0.3, 0.4) is 0 Å². The molecule has 3 N–H and O–H groups in total. The van der Waals surface area contributed by atoms with Crippen LogP contribution >= 0.6 is 0 Å². The van der Waals surface area contributed by atoms with Crippen LogP contribution in [0.15, 0.2) is 24.3 Å². The van der Waals surface area contributed by atoms with Gasteiger partial charge in [-0.2, -0.15) is 0 Å². The first kappa shape index (κ1) is 17.6. The molecule has 0 heterocycles. The van der Waals surface area contributed by atoms with Crippen LogP contribution in [0.1, 0.15) is 37.7 Å².